The van der Waals surface area contributed by atoms with E-state index in [1.54, 1.807) is 26.1 Å². The number of rotatable bonds is 8. The molecule has 0 aliphatic heterocycles. The van der Waals surface area contributed by atoms with Crippen LogP contribution >= 0.6 is 0 Å². The van der Waals surface area contributed by atoms with Gasteiger partial charge in [0, 0.05) is 6.07 Å². The van der Waals surface area contributed by atoms with Crippen LogP contribution in [0.3, 0.4) is 0 Å². The largest absolute Gasteiger partial charge is 0.487 e. The Kier molecular flexibility index (Phi) is 5.66. The van der Waals surface area contributed by atoms with Gasteiger partial charge in [-0.05, 0) is 45.4 Å². The van der Waals surface area contributed by atoms with Crippen LogP contribution in [0.15, 0.2) is 18.2 Å². The lowest BCUT2D eigenvalue weighted by atomic mass is 9.96. The van der Waals surface area contributed by atoms with Crippen molar-refractivity contribution in [1.82, 2.24) is 5.32 Å². The first-order chi connectivity index (χ1) is 9.80. The van der Waals surface area contributed by atoms with Gasteiger partial charge in [0.1, 0.15) is 5.54 Å². The van der Waals surface area contributed by atoms with E-state index in [1.807, 2.05) is 6.92 Å². The zero-order chi connectivity index (χ0) is 16.0. The molecule has 1 aromatic carbocycles. The van der Waals surface area contributed by atoms with Gasteiger partial charge in [-0.3, -0.25) is 14.9 Å². The number of aliphatic carboxylic acids is 1. The summed E-state index contributed by atoms with van der Waals surface area (Å²) in [6.07, 6.45) is 0.827. The van der Waals surface area contributed by atoms with Crippen LogP contribution in [0, 0.1) is 17.0 Å². The van der Waals surface area contributed by atoms with Crippen LogP contribution in [0.4, 0.5) is 5.69 Å². The number of nitrogens with one attached hydrogen (secondary N) is 1. The first kappa shape index (κ1) is 16.9. The molecule has 1 rings (SSSR count). The van der Waals surface area contributed by atoms with Gasteiger partial charge in [-0.1, -0.05) is 6.07 Å². The van der Waals surface area contributed by atoms with E-state index in [1.165, 1.54) is 6.07 Å². The van der Waals surface area contributed by atoms with Gasteiger partial charge in [-0.2, -0.15) is 0 Å². The fourth-order valence-electron chi connectivity index (χ4n) is 1.83. The summed E-state index contributed by atoms with van der Waals surface area (Å²) in [7, 11) is 1.58. The number of hydrogen-bond donors (Lipinski definition) is 2. The fraction of sp³-hybridized carbons (Fsp3) is 0.500. The minimum Gasteiger partial charge on any atom is -0.487 e. The Balaban J connectivity index is 2.63. The average molecular weight is 296 g/mol. The minimum atomic E-state index is -1.03. The van der Waals surface area contributed by atoms with Crippen LogP contribution in [0.2, 0.25) is 0 Å². The van der Waals surface area contributed by atoms with Crippen molar-refractivity contribution in [1.29, 1.82) is 0 Å². The number of likely N-dealkylation sites (N-methyl/N-ethyl adjacent to an activating group) is 1. The number of nitro groups is 1. The second-order valence-corrected chi connectivity index (χ2v) is 5.07. The topological polar surface area (TPSA) is 102 Å². The monoisotopic (exact) mass is 296 g/mol. The molecule has 0 saturated carbocycles. The van der Waals surface area contributed by atoms with Crippen LogP contribution in [0.5, 0.6) is 5.75 Å². The van der Waals surface area contributed by atoms with E-state index in [9.17, 15) is 14.9 Å². The molecule has 0 heterocycles. The number of aryl methyl sites for hydroxylation is 1. The lowest BCUT2D eigenvalue weighted by Gasteiger charge is -2.23. The molecule has 0 radical (unpaired) electrons. The molecule has 0 fully saturated rings. The van der Waals surface area contributed by atoms with E-state index in [0.717, 1.165) is 5.56 Å². The predicted molar refractivity (Wildman–Crippen MR) is 77.7 cm³/mol. The Labute approximate surface area is 123 Å². The van der Waals surface area contributed by atoms with E-state index < -0.39 is 16.4 Å². The second-order valence-electron chi connectivity index (χ2n) is 5.07. The van der Waals surface area contributed by atoms with E-state index in [2.05, 4.69) is 5.32 Å². The molecule has 0 aliphatic rings. The molecule has 0 saturated heterocycles. The third kappa shape index (κ3) is 4.42. The van der Waals surface area contributed by atoms with Crippen LogP contribution in [0.1, 0.15) is 25.3 Å². The predicted octanol–water partition coefficient (Wildman–Crippen LogP) is 2.12. The van der Waals surface area contributed by atoms with Crippen molar-refractivity contribution in [2.45, 2.75) is 32.2 Å². The van der Waals surface area contributed by atoms with Crippen LogP contribution < -0.4 is 10.1 Å². The van der Waals surface area contributed by atoms with E-state index in [0.29, 0.717) is 12.8 Å². The average Bonchev–Trinajstić information content (AvgIpc) is 2.42. The van der Waals surface area contributed by atoms with E-state index in [4.69, 9.17) is 9.84 Å². The van der Waals surface area contributed by atoms with Crippen molar-refractivity contribution in [2.24, 2.45) is 0 Å². The summed E-state index contributed by atoms with van der Waals surface area (Å²) in [6, 6.07) is 4.65. The highest BCUT2D eigenvalue weighted by Crippen LogP contribution is 2.28. The molecule has 7 heteroatoms. The Morgan fingerprint density at radius 3 is 2.71 bits per heavy atom. The lowest BCUT2D eigenvalue weighted by Crippen LogP contribution is -2.47. The molecule has 7 nitrogen and oxygen atoms in total. The van der Waals surface area contributed by atoms with Crippen LogP contribution in [0.25, 0.3) is 0 Å². The third-order valence-corrected chi connectivity index (χ3v) is 3.41. The third-order valence-electron chi connectivity index (χ3n) is 3.41. The number of carboxylic acids is 1. The van der Waals surface area contributed by atoms with Gasteiger partial charge >= 0.3 is 11.7 Å². The van der Waals surface area contributed by atoms with Gasteiger partial charge in [0.15, 0.2) is 5.75 Å². The summed E-state index contributed by atoms with van der Waals surface area (Å²) in [5.41, 5.74) is -0.251. The molecule has 1 unspecified atom stereocenters. The molecule has 1 aromatic rings. The first-order valence-electron chi connectivity index (χ1n) is 6.60. The number of benzene rings is 1. The first-order valence-corrected chi connectivity index (χ1v) is 6.60. The summed E-state index contributed by atoms with van der Waals surface area (Å²) in [5, 5.41) is 22.8. The van der Waals surface area contributed by atoms with Crippen molar-refractivity contribution in [3.05, 3.63) is 33.9 Å². The fourth-order valence-corrected chi connectivity index (χ4v) is 1.83. The van der Waals surface area contributed by atoms with Gasteiger partial charge in [-0.25, -0.2) is 0 Å². The summed E-state index contributed by atoms with van der Waals surface area (Å²) in [5.74, 6) is -0.729. The molecule has 116 valence electrons. The highest BCUT2D eigenvalue weighted by Gasteiger charge is 2.30. The van der Waals surface area contributed by atoms with E-state index in [-0.39, 0.29) is 18.0 Å². The Morgan fingerprint density at radius 2 is 2.19 bits per heavy atom. The number of carbonyl (C=O) groups is 1. The van der Waals surface area contributed by atoms with Crippen LogP contribution in [-0.4, -0.2) is 35.2 Å². The maximum absolute atomic E-state index is 11.1. The standard InChI is InChI=1S/C14H20N2O5/c1-10-5-6-11(16(19)20)12(9-10)21-8-4-7-14(2,15-3)13(17)18/h5-6,9,15H,4,7-8H2,1-3H3,(H,17,18). The Morgan fingerprint density at radius 1 is 1.52 bits per heavy atom. The van der Waals surface area contributed by atoms with Gasteiger partial charge in [0.2, 0.25) is 0 Å². The van der Waals surface area contributed by atoms with Crippen molar-refractivity contribution < 1.29 is 19.6 Å². The molecule has 0 aromatic heterocycles. The second kappa shape index (κ2) is 7.03. The zero-order valence-corrected chi connectivity index (χ0v) is 12.4. The van der Waals surface area contributed by atoms with Crippen molar-refractivity contribution in [3.8, 4) is 5.75 Å². The molecule has 0 bridgehead atoms. The maximum Gasteiger partial charge on any atom is 0.323 e. The Bertz CT molecular complexity index is 532. The molecule has 0 spiro atoms. The minimum absolute atomic E-state index is 0.0878. The quantitative estimate of drug-likeness (QED) is 0.433. The van der Waals surface area contributed by atoms with Gasteiger partial charge in [0.05, 0.1) is 11.5 Å². The number of nitrogens with zero attached hydrogens (tertiary/aromatic N) is 1. The van der Waals surface area contributed by atoms with E-state index >= 15 is 0 Å². The van der Waals surface area contributed by atoms with Crippen molar-refractivity contribution >= 4 is 11.7 Å². The molecule has 0 aliphatic carbocycles. The highest BCUT2D eigenvalue weighted by atomic mass is 16.6. The van der Waals surface area contributed by atoms with Gasteiger partial charge in [0.25, 0.3) is 0 Å². The van der Waals surface area contributed by atoms with Gasteiger partial charge < -0.3 is 15.2 Å². The molecular formula is C14H20N2O5. The number of hydrogen-bond acceptors (Lipinski definition) is 5. The smallest absolute Gasteiger partial charge is 0.323 e. The van der Waals surface area contributed by atoms with Crippen molar-refractivity contribution in [3.63, 3.8) is 0 Å². The van der Waals surface area contributed by atoms with Gasteiger partial charge in [-0.15, -0.1) is 0 Å². The van der Waals surface area contributed by atoms with Crippen LogP contribution in [-0.2, 0) is 4.79 Å². The maximum atomic E-state index is 11.1. The number of nitro benzene ring substituents is 1. The molecule has 2 N–H and O–H groups in total. The summed E-state index contributed by atoms with van der Waals surface area (Å²) in [4.78, 5) is 21.5. The number of ether oxygens (including phenoxy) is 1. The zero-order valence-electron chi connectivity index (χ0n) is 12.4. The molecule has 0 amide bonds. The number of carboxylic acid groups (broad SMARTS) is 1. The molecule has 1 atom stereocenters. The summed E-state index contributed by atoms with van der Waals surface area (Å²) < 4.78 is 5.44. The van der Waals surface area contributed by atoms with Crippen molar-refractivity contribution in [2.75, 3.05) is 13.7 Å². The highest BCUT2D eigenvalue weighted by molar-refractivity contribution is 5.78. The summed E-state index contributed by atoms with van der Waals surface area (Å²) >= 11 is 0. The molecule has 21 heavy (non-hydrogen) atoms. The SMILES string of the molecule is CNC(C)(CCCOc1cc(C)ccc1[N+](=O)[O-])C(=O)O. The Hall–Kier alpha value is -2.15. The lowest BCUT2D eigenvalue weighted by molar-refractivity contribution is -0.385. The normalized spacial score (nSPS) is 13.5. The molecular weight excluding hydrogens is 276 g/mol. The summed E-state index contributed by atoms with van der Waals surface area (Å²) in [6.45, 7) is 3.62.